The second-order valence-electron chi connectivity index (χ2n) is 9.31. The van der Waals surface area contributed by atoms with Gasteiger partial charge in [-0.05, 0) is 84.0 Å². The molecule has 0 atom stereocenters. The molecule has 184 valence electrons. The number of hydrogen-bond donors (Lipinski definition) is 0. The first-order valence-corrected chi connectivity index (χ1v) is 12.1. The third-order valence-corrected chi connectivity index (χ3v) is 6.28. The minimum Gasteiger partial charge on any atom is -0.292 e. The average Bonchev–Trinajstić information content (AvgIpc) is 3.29. The lowest BCUT2D eigenvalue weighted by atomic mass is 9.92. The summed E-state index contributed by atoms with van der Waals surface area (Å²) in [7, 11) is 0. The van der Waals surface area contributed by atoms with Crippen LogP contribution in [-0.4, -0.2) is 9.55 Å². The largest absolute Gasteiger partial charge is 0.292 e. The summed E-state index contributed by atoms with van der Waals surface area (Å²) in [4.78, 5) is 4.97. The highest BCUT2D eigenvalue weighted by Crippen LogP contribution is 2.38. The molecule has 3 aromatic carbocycles. The second kappa shape index (κ2) is 10.5. The van der Waals surface area contributed by atoms with Crippen molar-refractivity contribution in [2.75, 3.05) is 0 Å². The molecule has 1 heterocycles. The van der Waals surface area contributed by atoms with Crippen LogP contribution in [0, 0.1) is 6.85 Å². The van der Waals surface area contributed by atoms with Crippen LogP contribution >= 0.6 is 0 Å². The number of aryl methyl sites for hydroxylation is 1. The number of rotatable bonds is 7. The molecule has 0 N–H and O–H groups in total. The smallest absolute Gasteiger partial charge is 0.145 e. The Hall–Kier alpha value is -3.65. The Kier molecular flexibility index (Phi) is 4.95. The van der Waals surface area contributed by atoms with Gasteiger partial charge in [-0.25, -0.2) is 4.98 Å². The fraction of sp³-hybridized carbons (Fsp3) is 0.265. The molecule has 1 aromatic heterocycles. The van der Waals surface area contributed by atoms with Gasteiger partial charge in [0.25, 0.3) is 0 Å². The first-order valence-electron chi connectivity index (χ1n) is 16.1. The normalized spacial score (nSPS) is 17.0. The molecule has 0 saturated heterocycles. The van der Waals surface area contributed by atoms with Crippen molar-refractivity contribution in [2.24, 2.45) is 0 Å². The van der Waals surface area contributed by atoms with Crippen LogP contribution in [0.3, 0.4) is 0 Å². The van der Waals surface area contributed by atoms with Crippen LogP contribution in [0.15, 0.2) is 91.0 Å². The number of para-hydroxylation sites is 3. The highest BCUT2D eigenvalue weighted by atomic mass is 15.1. The lowest BCUT2D eigenvalue weighted by Crippen LogP contribution is -2.08. The van der Waals surface area contributed by atoms with Gasteiger partial charge >= 0.3 is 0 Å². The van der Waals surface area contributed by atoms with E-state index in [2.05, 4.69) is 6.58 Å². The van der Waals surface area contributed by atoms with Gasteiger partial charge in [0.05, 0.1) is 16.7 Å². The van der Waals surface area contributed by atoms with Crippen molar-refractivity contribution >= 4 is 16.6 Å². The third kappa shape index (κ3) is 4.73. The first-order chi connectivity index (χ1) is 20.3. The van der Waals surface area contributed by atoms with E-state index in [9.17, 15) is 0 Å². The molecule has 0 saturated carbocycles. The summed E-state index contributed by atoms with van der Waals surface area (Å²) in [5, 5.41) is 0. The molecular formula is C34H38N2. The van der Waals surface area contributed by atoms with E-state index in [1.807, 2.05) is 47.0 Å². The van der Waals surface area contributed by atoms with Gasteiger partial charge < -0.3 is 0 Å². The molecule has 0 amide bonds. The topological polar surface area (TPSA) is 17.8 Å². The number of nitrogens with zero attached hydrogens (tertiary/aromatic N) is 2. The summed E-state index contributed by atoms with van der Waals surface area (Å²) in [5.41, 5.74) is 4.19. The van der Waals surface area contributed by atoms with Crippen LogP contribution in [0.5, 0.6) is 0 Å². The van der Waals surface area contributed by atoms with Gasteiger partial charge in [0.2, 0.25) is 0 Å². The van der Waals surface area contributed by atoms with Crippen molar-refractivity contribution in [3.63, 3.8) is 0 Å². The standard InChI is InChI=1S/C34H38N2/c1-9-10-14-24(6)26(8)30-21-27(20-19-25(30)7)34-35-31-17-11-12-18-32(31)36(34)33-28(22(2)3)15-13-16-29(33)23(4)5/h9-23H,8H2,1-7H3/b10-9-,24-14-/i6D3,7D3,22D,23D. The molecule has 0 aliphatic rings. The summed E-state index contributed by atoms with van der Waals surface area (Å²) in [6, 6.07) is 18.0. The summed E-state index contributed by atoms with van der Waals surface area (Å²) in [6.45, 7) is 7.95. The molecule has 0 spiro atoms. The monoisotopic (exact) mass is 482 g/mol. The zero-order chi connectivity index (χ0) is 32.8. The van der Waals surface area contributed by atoms with Gasteiger partial charge in [-0.3, -0.25) is 4.57 Å². The maximum Gasteiger partial charge on any atom is 0.145 e. The van der Waals surface area contributed by atoms with Crippen LogP contribution in [0.2, 0.25) is 0 Å². The summed E-state index contributed by atoms with van der Waals surface area (Å²) in [6.07, 6.45) is 4.73. The number of benzene rings is 3. The fourth-order valence-electron chi connectivity index (χ4n) is 4.41. The Morgan fingerprint density at radius 2 is 1.72 bits per heavy atom. The van der Waals surface area contributed by atoms with Crippen molar-refractivity contribution < 1.29 is 11.0 Å². The Labute approximate surface area is 228 Å². The minimum atomic E-state index is -2.54. The van der Waals surface area contributed by atoms with Crippen LogP contribution < -0.4 is 0 Å². The van der Waals surface area contributed by atoms with Gasteiger partial charge in [0.15, 0.2) is 0 Å². The quantitative estimate of drug-likeness (QED) is 0.240. The maximum absolute atomic E-state index is 9.01. The molecule has 36 heavy (non-hydrogen) atoms. The maximum atomic E-state index is 9.01. The average molecular weight is 483 g/mol. The molecular weight excluding hydrogens is 436 g/mol. The molecule has 4 aromatic rings. The highest BCUT2D eigenvalue weighted by molar-refractivity contribution is 5.86. The minimum absolute atomic E-state index is 0.0230. The van der Waals surface area contributed by atoms with Gasteiger partial charge in [-0.15, -0.1) is 0 Å². The molecule has 4 rings (SSSR count). The van der Waals surface area contributed by atoms with E-state index in [0.717, 1.165) is 5.52 Å². The van der Waals surface area contributed by atoms with E-state index in [-0.39, 0.29) is 22.3 Å². The lowest BCUT2D eigenvalue weighted by Gasteiger charge is -2.23. The first kappa shape index (κ1) is 16.9. The number of fused-ring (bicyclic) bond motifs is 1. The third-order valence-electron chi connectivity index (χ3n) is 6.28. The predicted molar refractivity (Wildman–Crippen MR) is 157 cm³/mol. The fourth-order valence-corrected chi connectivity index (χ4v) is 4.41. The number of hydrogen-bond acceptors (Lipinski definition) is 1. The van der Waals surface area contributed by atoms with E-state index in [1.54, 1.807) is 58.9 Å². The SMILES string of the molecule is [2H]C([2H])([2H])/C(=C/C=C\C)C(=C)c1cc(-c2nc3ccccc3n2-c2c(C([2H])(C)C)cccc2C([2H])(C)C)ccc1C([2H])([2H])[2H]. The number of allylic oxidation sites excluding steroid dienone is 5. The van der Waals surface area contributed by atoms with Crippen molar-refractivity contribution in [2.45, 2.75) is 60.1 Å². The van der Waals surface area contributed by atoms with E-state index >= 15 is 0 Å². The lowest BCUT2D eigenvalue weighted by molar-refractivity contribution is 0.811. The summed E-state index contributed by atoms with van der Waals surface area (Å²) in [5.74, 6) is -1.60. The molecule has 0 unspecified atom stereocenters. The Balaban J connectivity index is 2.14. The van der Waals surface area contributed by atoms with Crippen molar-refractivity contribution in [3.05, 3.63) is 113 Å². The van der Waals surface area contributed by atoms with Crippen LogP contribution in [0.4, 0.5) is 0 Å². The van der Waals surface area contributed by atoms with Crippen LogP contribution in [0.1, 0.15) is 86.5 Å². The van der Waals surface area contributed by atoms with E-state index in [1.165, 1.54) is 12.1 Å². The summed E-state index contributed by atoms with van der Waals surface area (Å²) < 4.78 is 69.1. The van der Waals surface area contributed by atoms with Gasteiger partial charge in [-0.1, -0.05) is 95.0 Å². The molecule has 2 heteroatoms. The zero-order valence-corrected chi connectivity index (χ0v) is 21.6. The molecule has 2 nitrogen and oxygen atoms in total. The molecule has 0 bridgehead atoms. The zero-order valence-electron chi connectivity index (χ0n) is 29.6. The van der Waals surface area contributed by atoms with Crippen LogP contribution in [0.25, 0.3) is 33.7 Å². The Bertz CT molecular complexity index is 1740. The van der Waals surface area contributed by atoms with Gasteiger partial charge in [0, 0.05) is 16.5 Å². The number of aromatic nitrogens is 2. The van der Waals surface area contributed by atoms with E-state index in [0.29, 0.717) is 33.7 Å². The Morgan fingerprint density at radius 1 is 1.00 bits per heavy atom. The number of imidazole rings is 1. The van der Waals surface area contributed by atoms with E-state index < -0.39 is 25.5 Å². The van der Waals surface area contributed by atoms with Crippen molar-refractivity contribution in [1.82, 2.24) is 9.55 Å². The van der Waals surface area contributed by atoms with Gasteiger partial charge in [0.1, 0.15) is 5.82 Å². The molecule has 0 fully saturated rings. The Morgan fingerprint density at radius 3 is 2.36 bits per heavy atom. The summed E-state index contributed by atoms with van der Waals surface area (Å²) >= 11 is 0. The van der Waals surface area contributed by atoms with E-state index in [4.69, 9.17) is 16.0 Å². The highest BCUT2D eigenvalue weighted by Gasteiger charge is 2.22. The molecule has 0 radical (unpaired) electrons. The van der Waals surface area contributed by atoms with Crippen molar-refractivity contribution in [1.29, 1.82) is 0 Å². The predicted octanol–water partition coefficient (Wildman–Crippen LogP) is 9.78. The van der Waals surface area contributed by atoms with Crippen LogP contribution in [-0.2, 0) is 0 Å². The van der Waals surface area contributed by atoms with Gasteiger partial charge in [-0.2, -0.15) is 0 Å². The molecule has 0 aliphatic carbocycles. The molecule has 0 aliphatic heterocycles. The second-order valence-corrected chi connectivity index (χ2v) is 9.31. The van der Waals surface area contributed by atoms with Crippen molar-refractivity contribution in [3.8, 4) is 17.1 Å².